The highest BCUT2D eigenvalue weighted by atomic mass is 16.5. The molecule has 2 aliphatic rings. The third-order valence-electron chi connectivity index (χ3n) is 5.65. The molecule has 2 heterocycles. The fraction of sp³-hybridized carbons (Fsp3) is 0.696. The number of hydrogen-bond donors (Lipinski definition) is 1. The number of likely N-dealkylation sites (tertiary alicyclic amines) is 1. The van der Waals surface area contributed by atoms with Crippen molar-refractivity contribution in [2.45, 2.75) is 57.7 Å². The van der Waals surface area contributed by atoms with Crippen molar-refractivity contribution >= 4 is 5.96 Å². The summed E-state index contributed by atoms with van der Waals surface area (Å²) in [5.41, 5.74) is 1.27. The predicted octanol–water partition coefficient (Wildman–Crippen LogP) is 3.25. The number of benzene rings is 1. The van der Waals surface area contributed by atoms with Crippen molar-refractivity contribution in [3.63, 3.8) is 0 Å². The molecule has 1 unspecified atom stereocenters. The van der Waals surface area contributed by atoms with Crippen LogP contribution in [0, 0.1) is 0 Å². The summed E-state index contributed by atoms with van der Waals surface area (Å²) in [6, 6.07) is 8.32. The highest BCUT2D eigenvalue weighted by Gasteiger charge is 2.23. The number of aliphatic imine (C=N–C) groups is 1. The molecule has 1 atom stereocenters. The average Bonchev–Trinajstić information content (AvgIpc) is 2.77. The lowest BCUT2D eigenvalue weighted by Crippen LogP contribution is -2.47. The summed E-state index contributed by atoms with van der Waals surface area (Å²) < 4.78 is 17.5. The first-order valence-electron chi connectivity index (χ1n) is 11.2. The molecule has 6 heteroatoms. The number of nitrogens with one attached hydrogen (secondary N) is 1. The van der Waals surface area contributed by atoms with Crippen LogP contribution in [0.1, 0.15) is 44.6 Å². The summed E-state index contributed by atoms with van der Waals surface area (Å²) in [4.78, 5) is 6.82. The predicted molar refractivity (Wildman–Crippen MR) is 117 cm³/mol. The van der Waals surface area contributed by atoms with E-state index in [1.54, 1.807) is 0 Å². The minimum Gasteiger partial charge on any atom is -0.494 e. The van der Waals surface area contributed by atoms with Gasteiger partial charge in [0.25, 0.3) is 0 Å². The fourth-order valence-electron chi connectivity index (χ4n) is 4.02. The van der Waals surface area contributed by atoms with Crippen molar-refractivity contribution in [2.75, 3.05) is 46.5 Å². The second-order valence-corrected chi connectivity index (χ2v) is 7.81. The Labute approximate surface area is 175 Å². The van der Waals surface area contributed by atoms with E-state index in [0.717, 1.165) is 70.2 Å². The lowest BCUT2D eigenvalue weighted by atomic mass is 10.1. The van der Waals surface area contributed by atoms with E-state index < -0.39 is 0 Å². The van der Waals surface area contributed by atoms with Crippen molar-refractivity contribution in [1.29, 1.82) is 0 Å². The highest BCUT2D eigenvalue weighted by Crippen LogP contribution is 2.18. The van der Waals surface area contributed by atoms with Gasteiger partial charge < -0.3 is 24.4 Å². The second kappa shape index (κ2) is 12.0. The Bertz CT molecular complexity index is 624. The molecule has 0 spiro atoms. The normalized spacial score (nSPS) is 21.2. The highest BCUT2D eigenvalue weighted by molar-refractivity contribution is 5.79. The molecular formula is C23H37N3O3. The van der Waals surface area contributed by atoms with Gasteiger partial charge in [-0.1, -0.05) is 12.1 Å². The first kappa shape index (κ1) is 21.9. The summed E-state index contributed by atoms with van der Waals surface area (Å²) in [6.45, 7) is 7.17. The molecule has 162 valence electrons. The molecule has 0 saturated carbocycles. The maximum Gasteiger partial charge on any atom is 0.193 e. The Morgan fingerprint density at radius 3 is 2.83 bits per heavy atom. The van der Waals surface area contributed by atoms with Crippen LogP contribution in [0.5, 0.6) is 5.75 Å². The van der Waals surface area contributed by atoms with E-state index in [1.165, 1.54) is 18.4 Å². The zero-order valence-electron chi connectivity index (χ0n) is 18.1. The zero-order chi connectivity index (χ0) is 20.3. The van der Waals surface area contributed by atoms with Crippen molar-refractivity contribution in [3.05, 3.63) is 29.8 Å². The minimum atomic E-state index is 0.303. The molecule has 0 amide bonds. The van der Waals surface area contributed by atoms with Crippen LogP contribution in [-0.4, -0.2) is 69.6 Å². The molecule has 6 nitrogen and oxygen atoms in total. The molecule has 2 fully saturated rings. The van der Waals surface area contributed by atoms with Crippen LogP contribution in [0.3, 0.4) is 0 Å². The number of piperidine rings is 1. The number of guanidine groups is 1. The molecule has 0 radical (unpaired) electrons. The number of hydrogen-bond acceptors (Lipinski definition) is 4. The van der Waals surface area contributed by atoms with Gasteiger partial charge in [0.2, 0.25) is 0 Å². The molecule has 0 aliphatic carbocycles. The van der Waals surface area contributed by atoms with Crippen LogP contribution in [0.2, 0.25) is 0 Å². The van der Waals surface area contributed by atoms with E-state index in [-0.39, 0.29) is 0 Å². The third-order valence-corrected chi connectivity index (χ3v) is 5.65. The van der Waals surface area contributed by atoms with Crippen LogP contribution in [0.25, 0.3) is 0 Å². The lowest BCUT2D eigenvalue weighted by molar-refractivity contribution is -0.0721. The minimum absolute atomic E-state index is 0.303. The summed E-state index contributed by atoms with van der Waals surface area (Å²) >= 11 is 0. The SMILES string of the molecule is CCOc1cccc(CCNC(=NC)N2CCC(OCC3CCCCO3)CC2)c1. The van der Waals surface area contributed by atoms with E-state index in [0.29, 0.717) is 18.8 Å². The first-order valence-corrected chi connectivity index (χ1v) is 11.2. The van der Waals surface area contributed by atoms with Crippen molar-refractivity contribution < 1.29 is 14.2 Å². The summed E-state index contributed by atoms with van der Waals surface area (Å²) in [5, 5.41) is 3.51. The largest absolute Gasteiger partial charge is 0.494 e. The molecule has 3 rings (SSSR count). The van der Waals surface area contributed by atoms with E-state index in [1.807, 2.05) is 20.0 Å². The van der Waals surface area contributed by atoms with E-state index >= 15 is 0 Å². The molecule has 1 aromatic rings. The number of nitrogens with zero attached hydrogens (tertiary/aromatic N) is 2. The van der Waals surface area contributed by atoms with Gasteiger partial charge in [-0.3, -0.25) is 4.99 Å². The van der Waals surface area contributed by atoms with Crippen LogP contribution in [-0.2, 0) is 15.9 Å². The van der Waals surface area contributed by atoms with Crippen LogP contribution in [0.15, 0.2) is 29.3 Å². The maximum atomic E-state index is 6.13. The molecule has 1 N–H and O–H groups in total. The van der Waals surface area contributed by atoms with Crippen molar-refractivity contribution in [3.8, 4) is 5.75 Å². The topological polar surface area (TPSA) is 55.3 Å². The third kappa shape index (κ3) is 7.19. The van der Waals surface area contributed by atoms with E-state index in [4.69, 9.17) is 14.2 Å². The molecule has 0 aromatic heterocycles. The monoisotopic (exact) mass is 403 g/mol. The van der Waals surface area contributed by atoms with Crippen molar-refractivity contribution in [2.24, 2.45) is 4.99 Å². The average molecular weight is 404 g/mol. The smallest absolute Gasteiger partial charge is 0.193 e. The Hall–Kier alpha value is -1.79. The van der Waals surface area contributed by atoms with Gasteiger partial charge in [-0.15, -0.1) is 0 Å². The van der Waals surface area contributed by atoms with Gasteiger partial charge in [-0.25, -0.2) is 0 Å². The van der Waals surface area contributed by atoms with Crippen LogP contribution in [0.4, 0.5) is 0 Å². The Kier molecular flexibility index (Phi) is 9.09. The number of ether oxygens (including phenoxy) is 3. The van der Waals surface area contributed by atoms with Gasteiger partial charge in [0.05, 0.1) is 25.4 Å². The Balaban J connectivity index is 1.36. The van der Waals surface area contributed by atoms with Crippen LogP contribution < -0.4 is 10.1 Å². The van der Waals surface area contributed by atoms with Gasteiger partial charge in [-0.05, 0) is 63.1 Å². The quantitative estimate of drug-likeness (QED) is 0.533. The summed E-state index contributed by atoms with van der Waals surface area (Å²) in [5.74, 6) is 1.93. The van der Waals surface area contributed by atoms with E-state index in [2.05, 4.69) is 33.4 Å². The Morgan fingerprint density at radius 1 is 1.24 bits per heavy atom. The molecule has 2 saturated heterocycles. The summed E-state index contributed by atoms with van der Waals surface area (Å²) in [6.07, 6.45) is 7.29. The molecule has 1 aromatic carbocycles. The van der Waals surface area contributed by atoms with E-state index in [9.17, 15) is 0 Å². The Morgan fingerprint density at radius 2 is 2.10 bits per heavy atom. The van der Waals surface area contributed by atoms with Crippen LogP contribution >= 0.6 is 0 Å². The first-order chi connectivity index (χ1) is 14.3. The standard InChI is InChI=1S/C23H37N3O3/c1-3-27-21-9-6-7-19(17-21)10-13-25-23(24-2)26-14-11-20(12-15-26)29-18-22-8-4-5-16-28-22/h6-7,9,17,20,22H,3-5,8,10-16,18H2,1-2H3,(H,24,25). The summed E-state index contributed by atoms with van der Waals surface area (Å²) in [7, 11) is 1.86. The van der Waals surface area contributed by atoms with Gasteiger partial charge >= 0.3 is 0 Å². The molecular weight excluding hydrogens is 366 g/mol. The zero-order valence-corrected chi connectivity index (χ0v) is 18.1. The molecule has 2 aliphatic heterocycles. The number of rotatable bonds is 8. The van der Waals surface area contributed by atoms with Gasteiger partial charge in [-0.2, -0.15) is 0 Å². The van der Waals surface area contributed by atoms with Gasteiger partial charge in [0.1, 0.15) is 5.75 Å². The van der Waals surface area contributed by atoms with Gasteiger partial charge in [0, 0.05) is 33.3 Å². The van der Waals surface area contributed by atoms with Crippen molar-refractivity contribution in [1.82, 2.24) is 10.2 Å². The maximum absolute atomic E-state index is 6.13. The molecule has 0 bridgehead atoms. The molecule has 29 heavy (non-hydrogen) atoms. The lowest BCUT2D eigenvalue weighted by Gasteiger charge is -2.35. The second-order valence-electron chi connectivity index (χ2n) is 7.81. The van der Waals surface area contributed by atoms with Gasteiger partial charge in [0.15, 0.2) is 5.96 Å². The fourth-order valence-corrected chi connectivity index (χ4v) is 4.02.